The van der Waals surface area contributed by atoms with Crippen molar-refractivity contribution >= 4 is 11.6 Å². The van der Waals surface area contributed by atoms with Crippen LogP contribution in [0.2, 0.25) is 0 Å². The first-order chi connectivity index (χ1) is 12.5. The molecule has 5 nitrogen and oxygen atoms in total. The van der Waals surface area contributed by atoms with Gasteiger partial charge >= 0.3 is 0 Å². The molecular weight excluding hydrogens is 340 g/mol. The summed E-state index contributed by atoms with van der Waals surface area (Å²) in [5, 5.41) is 9.70. The van der Waals surface area contributed by atoms with Gasteiger partial charge in [0.15, 0.2) is 0 Å². The number of rotatable bonds is 2. The van der Waals surface area contributed by atoms with Gasteiger partial charge in [0, 0.05) is 31.7 Å². The highest BCUT2D eigenvalue weighted by Gasteiger charge is 2.50. The van der Waals surface area contributed by atoms with Crippen molar-refractivity contribution in [1.29, 1.82) is 0 Å². The maximum Gasteiger partial charge on any atom is 0.236 e. The Morgan fingerprint density at radius 3 is 2.69 bits per heavy atom. The minimum absolute atomic E-state index is 0.147. The van der Waals surface area contributed by atoms with Crippen molar-refractivity contribution < 1.29 is 18.7 Å². The van der Waals surface area contributed by atoms with Crippen molar-refractivity contribution in [3.63, 3.8) is 0 Å². The molecule has 1 N–H and O–H groups in total. The highest BCUT2D eigenvalue weighted by molar-refractivity contribution is 5.86. The minimum atomic E-state index is -0.688. The van der Waals surface area contributed by atoms with E-state index in [0.717, 1.165) is 57.7 Å². The van der Waals surface area contributed by atoms with E-state index in [1.165, 1.54) is 6.07 Å². The molecule has 3 heterocycles. The average molecular weight is 365 g/mol. The molecule has 4 rings (SSSR count). The molecule has 7 heteroatoms. The topological polar surface area (TPSA) is 56.7 Å². The third-order valence-corrected chi connectivity index (χ3v) is 6.36. The van der Waals surface area contributed by atoms with Crippen LogP contribution in [0.5, 0.6) is 0 Å². The molecule has 0 radical (unpaired) electrons. The molecule has 0 aromatic carbocycles. The van der Waals surface area contributed by atoms with Crippen LogP contribution in [0, 0.1) is 17.2 Å². The molecule has 3 fully saturated rings. The molecule has 1 aromatic rings. The molecule has 142 valence electrons. The van der Waals surface area contributed by atoms with Crippen molar-refractivity contribution in [3.8, 4) is 0 Å². The summed E-state index contributed by atoms with van der Waals surface area (Å²) in [7, 11) is 0. The molecule has 1 amide bonds. The lowest BCUT2D eigenvalue weighted by molar-refractivity contribution is -0.139. The quantitative estimate of drug-likeness (QED) is 0.818. The normalized spacial score (nSPS) is 32.5. The smallest absolute Gasteiger partial charge is 0.236 e. The molecule has 1 atom stereocenters. The van der Waals surface area contributed by atoms with Crippen LogP contribution in [0.15, 0.2) is 12.3 Å². The number of likely N-dealkylation sites (tertiary alicyclic amines) is 1. The van der Waals surface area contributed by atoms with Gasteiger partial charge in [0.1, 0.15) is 5.82 Å². The molecule has 1 aliphatic carbocycles. The summed E-state index contributed by atoms with van der Waals surface area (Å²) in [6, 6.07) is 1.37. The third kappa shape index (κ3) is 3.06. The van der Waals surface area contributed by atoms with E-state index < -0.39 is 17.2 Å². The fourth-order valence-electron chi connectivity index (χ4n) is 4.92. The molecule has 26 heavy (non-hydrogen) atoms. The maximum absolute atomic E-state index is 14.1. The number of carbonyl (C=O) groups excluding carboxylic acids is 1. The number of aromatic nitrogens is 1. The van der Waals surface area contributed by atoms with Crippen LogP contribution in [-0.4, -0.2) is 52.7 Å². The zero-order chi connectivity index (χ0) is 18.3. The lowest BCUT2D eigenvalue weighted by atomic mass is 9.78. The van der Waals surface area contributed by atoms with Crippen LogP contribution < -0.4 is 4.90 Å². The number of piperidine rings is 1. The summed E-state index contributed by atoms with van der Waals surface area (Å²) in [5.74, 6) is -1.11. The number of amides is 1. The molecule has 0 bridgehead atoms. The molecule has 0 unspecified atom stereocenters. The summed E-state index contributed by atoms with van der Waals surface area (Å²) < 4.78 is 27.6. The zero-order valence-electron chi connectivity index (χ0n) is 14.8. The van der Waals surface area contributed by atoms with Gasteiger partial charge in [-0.15, -0.1) is 0 Å². The SMILES string of the molecule is O=C1N([C@H]2CC[C@@H](O)CC2)CC[C@@]12CCCN(c1cc(F)cnc1F)C2. The van der Waals surface area contributed by atoms with Gasteiger partial charge in [0.2, 0.25) is 11.9 Å². The fourth-order valence-corrected chi connectivity index (χ4v) is 4.92. The monoisotopic (exact) mass is 365 g/mol. The summed E-state index contributed by atoms with van der Waals surface area (Å²) in [6.07, 6.45) is 6.12. The standard InChI is InChI=1S/C19H25F2N3O2/c20-13-10-16(17(21)22-11-13)23-8-1-6-19(12-23)7-9-24(18(19)26)14-2-4-15(25)5-3-14/h10-11,14-15,25H,1-9,12H2/t14-,15+,19-/m1/s1. The van der Waals surface area contributed by atoms with E-state index >= 15 is 0 Å². The van der Waals surface area contributed by atoms with Gasteiger partial charge < -0.3 is 14.9 Å². The molecule has 1 spiro atoms. The molecule has 1 saturated carbocycles. The summed E-state index contributed by atoms with van der Waals surface area (Å²) in [5.41, 5.74) is -0.358. The summed E-state index contributed by atoms with van der Waals surface area (Å²) in [6.45, 7) is 1.74. The molecular formula is C19H25F2N3O2. The van der Waals surface area contributed by atoms with Gasteiger partial charge in [-0.05, 0) is 44.9 Å². The Labute approximate surface area is 152 Å². The van der Waals surface area contributed by atoms with E-state index in [4.69, 9.17) is 0 Å². The molecule has 2 saturated heterocycles. The number of nitrogens with zero attached hydrogens (tertiary/aromatic N) is 3. The fraction of sp³-hybridized carbons (Fsp3) is 0.684. The van der Waals surface area contributed by atoms with Crippen LogP contribution >= 0.6 is 0 Å². The lowest BCUT2D eigenvalue weighted by Crippen LogP contribution is -2.50. The second kappa shape index (κ2) is 6.76. The largest absolute Gasteiger partial charge is 0.393 e. The van der Waals surface area contributed by atoms with Gasteiger partial charge in [-0.1, -0.05) is 0 Å². The predicted molar refractivity (Wildman–Crippen MR) is 92.6 cm³/mol. The Morgan fingerprint density at radius 2 is 1.92 bits per heavy atom. The summed E-state index contributed by atoms with van der Waals surface area (Å²) in [4.78, 5) is 20.5. The second-order valence-electron chi connectivity index (χ2n) is 7.98. The van der Waals surface area contributed by atoms with Crippen molar-refractivity contribution in [1.82, 2.24) is 9.88 Å². The molecule has 2 aliphatic heterocycles. The number of hydrogen-bond acceptors (Lipinski definition) is 4. The Balaban J connectivity index is 1.51. The Morgan fingerprint density at radius 1 is 1.15 bits per heavy atom. The third-order valence-electron chi connectivity index (χ3n) is 6.36. The number of hydrogen-bond donors (Lipinski definition) is 1. The number of pyridine rings is 1. The number of aliphatic hydroxyl groups is 1. The minimum Gasteiger partial charge on any atom is -0.393 e. The number of carbonyl (C=O) groups is 1. The first-order valence-electron chi connectivity index (χ1n) is 9.54. The van der Waals surface area contributed by atoms with Crippen molar-refractivity contribution in [2.75, 3.05) is 24.5 Å². The first-order valence-corrected chi connectivity index (χ1v) is 9.54. The average Bonchev–Trinajstić information content (AvgIpc) is 2.94. The predicted octanol–water partition coefficient (Wildman–Crippen LogP) is 2.48. The van der Waals surface area contributed by atoms with E-state index in [0.29, 0.717) is 13.1 Å². The second-order valence-corrected chi connectivity index (χ2v) is 7.98. The first kappa shape index (κ1) is 17.6. The highest BCUT2D eigenvalue weighted by atomic mass is 19.1. The van der Waals surface area contributed by atoms with Crippen LogP contribution in [-0.2, 0) is 4.79 Å². The zero-order valence-corrected chi connectivity index (χ0v) is 14.8. The van der Waals surface area contributed by atoms with Crippen LogP contribution in [0.1, 0.15) is 44.9 Å². The number of halogens is 2. The van der Waals surface area contributed by atoms with Gasteiger partial charge in [0.25, 0.3) is 0 Å². The Bertz CT molecular complexity index is 693. The molecule has 3 aliphatic rings. The number of anilines is 1. The van der Waals surface area contributed by atoms with E-state index in [2.05, 4.69) is 4.98 Å². The highest BCUT2D eigenvalue weighted by Crippen LogP contribution is 2.43. The number of aliphatic hydroxyl groups excluding tert-OH is 1. The van der Waals surface area contributed by atoms with E-state index in [1.54, 1.807) is 4.90 Å². The Hall–Kier alpha value is -1.76. The van der Waals surface area contributed by atoms with Crippen LogP contribution in [0.4, 0.5) is 14.5 Å². The van der Waals surface area contributed by atoms with Gasteiger partial charge in [-0.3, -0.25) is 4.79 Å². The van der Waals surface area contributed by atoms with Crippen molar-refractivity contribution in [2.24, 2.45) is 5.41 Å². The van der Waals surface area contributed by atoms with Gasteiger partial charge in [0.05, 0.1) is 23.4 Å². The van der Waals surface area contributed by atoms with Gasteiger partial charge in [-0.2, -0.15) is 4.39 Å². The lowest BCUT2D eigenvalue weighted by Gasteiger charge is -2.41. The van der Waals surface area contributed by atoms with E-state index in [-0.39, 0.29) is 23.7 Å². The van der Waals surface area contributed by atoms with Crippen LogP contribution in [0.3, 0.4) is 0 Å². The van der Waals surface area contributed by atoms with E-state index in [1.807, 2.05) is 4.90 Å². The summed E-state index contributed by atoms with van der Waals surface area (Å²) >= 11 is 0. The van der Waals surface area contributed by atoms with Crippen LogP contribution in [0.25, 0.3) is 0 Å². The maximum atomic E-state index is 14.1. The van der Waals surface area contributed by atoms with E-state index in [9.17, 15) is 18.7 Å². The van der Waals surface area contributed by atoms with Crippen molar-refractivity contribution in [2.45, 2.75) is 57.1 Å². The van der Waals surface area contributed by atoms with Crippen molar-refractivity contribution in [3.05, 3.63) is 24.0 Å². The van der Waals surface area contributed by atoms with Gasteiger partial charge in [-0.25, -0.2) is 9.37 Å². The Kier molecular flexibility index (Phi) is 4.59. The molecule has 1 aromatic heterocycles.